The van der Waals surface area contributed by atoms with Crippen molar-refractivity contribution in [2.24, 2.45) is 0 Å². The van der Waals surface area contributed by atoms with Crippen molar-refractivity contribution in [3.05, 3.63) is 28.8 Å². The van der Waals surface area contributed by atoms with Crippen molar-refractivity contribution in [3.8, 4) is 11.8 Å². The lowest BCUT2D eigenvalue weighted by Crippen LogP contribution is -2.19. The smallest absolute Gasteiger partial charge is 0.465 e. The first-order valence-corrected chi connectivity index (χ1v) is 5.23. The van der Waals surface area contributed by atoms with Crippen LogP contribution in [0.25, 0.3) is 0 Å². The second-order valence-electron chi connectivity index (χ2n) is 3.51. The number of benzene rings is 1. The lowest BCUT2D eigenvalue weighted by atomic mass is 10.0. The molecule has 0 aliphatic carbocycles. The molecule has 1 aromatic carbocycles. The molecule has 0 bridgehead atoms. The van der Waals surface area contributed by atoms with Gasteiger partial charge in [-0.15, -0.1) is 13.2 Å². The first kappa shape index (κ1) is 14.8. The summed E-state index contributed by atoms with van der Waals surface area (Å²) in [6.45, 7) is 1.58. The number of ether oxygens (including phenoxy) is 2. The normalized spacial score (nSPS) is 10.7. The maximum atomic E-state index is 12.3. The molecule has 0 aromatic heterocycles. The highest BCUT2D eigenvalue weighted by Gasteiger charge is 2.33. The van der Waals surface area contributed by atoms with Crippen molar-refractivity contribution in [1.82, 2.24) is 0 Å². The number of nitrogens with zero attached hydrogens (tertiary/aromatic N) is 1. The van der Waals surface area contributed by atoms with Crippen LogP contribution in [0.5, 0.6) is 5.75 Å². The number of hydrogen-bond acceptors (Lipinski definition) is 4. The van der Waals surface area contributed by atoms with E-state index < -0.39 is 18.1 Å². The Hall–Kier alpha value is -2.23. The van der Waals surface area contributed by atoms with Crippen LogP contribution in [0.4, 0.5) is 13.2 Å². The van der Waals surface area contributed by atoms with Crippen LogP contribution in [0.1, 0.15) is 28.4 Å². The van der Waals surface area contributed by atoms with E-state index in [4.69, 9.17) is 5.26 Å². The van der Waals surface area contributed by atoms with Gasteiger partial charge in [-0.2, -0.15) is 5.26 Å². The van der Waals surface area contributed by atoms with Gasteiger partial charge in [0, 0.05) is 5.56 Å². The van der Waals surface area contributed by atoms with Crippen LogP contribution in [-0.2, 0) is 11.2 Å². The fourth-order valence-electron chi connectivity index (χ4n) is 1.56. The number of alkyl halides is 3. The Morgan fingerprint density at radius 3 is 2.47 bits per heavy atom. The molecule has 102 valence electrons. The van der Waals surface area contributed by atoms with Crippen LogP contribution in [0, 0.1) is 11.3 Å². The van der Waals surface area contributed by atoms with Gasteiger partial charge in [-0.05, 0) is 18.6 Å². The number of halogens is 3. The molecule has 1 rings (SSSR count). The molecule has 0 atom stereocenters. The fraction of sp³-hybridized carbons (Fsp3) is 0.333. The van der Waals surface area contributed by atoms with E-state index in [1.807, 2.05) is 0 Å². The minimum atomic E-state index is -4.90. The summed E-state index contributed by atoms with van der Waals surface area (Å²) in [5, 5.41) is 8.91. The topological polar surface area (TPSA) is 59.3 Å². The van der Waals surface area contributed by atoms with Gasteiger partial charge in [0.15, 0.2) is 0 Å². The van der Waals surface area contributed by atoms with Crippen molar-refractivity contribution < 1.29 is 27.4 Å². The molecule has 0 saturated heterocycles. The third-order valence-corrected chi connectivity index (χ3v) is 2.33. The van der Waals surface area contributed by atoms with E-state index in [2.05, 4.69) is 9.47 Å². The Morgan fingerprint density at radius 1 is 1.42 bits per heavy atom. The summed E-state index contributed by atoms with van der Waals surface area (Å²) in [7, 11) is 1.09. The van der Waals surface area contributed by atoms with E-state index in [1.165, 1.54) is 6.07 Å². The molecule has 0 amide bonds. The van der Waals surface area contributed by atoms with Gasteiger partial charge < -0.3 is 9.47 Å². The Balaban J connectivity index is 3.41. The Labute approximate surface area is 107 Å². The zero-order chi connectivity index (χ0) is 14.6. The number of nitriles is 1. The van der Waals surface area contributed by atoms with Crippen LogP contribution in [0.15, 0.2) is 12.1 Å². The summed E-state index contributed by atoms with van der Waals surface area (Å²) in [6.07, 6.45) is -4.73. The fourth-order valence-corrected chi connectivity index (χ4v) is 1.56. The zero-order valence-corrected chi connectivity index (χ0v) is 10.2. The lowest BCUT2D eigenvalue weighted by molar-refractivity contribution is -0.274. The molecule has 0 heterocycles. The predicted molar refractivity (Wildman–Crippen MR) is 58.6 cm³/mol. The molecule has 0 radical (unpaired) electrons. The summed E-state index contributed by atoms with van der Waals surface area (Å²) < 4.78 is 45.1. The second kappa shape index (κ2) is 5.61. The minimum absolute atomic E-state index is 0.0512. The zero-order valence-electron chi connectivity index (χ0n) is 10.2. The van der Waals surface area contributed by atoms with E-state index in [-0.39, 0.29) is 23.1 Å². The van der Waals surface area contributed by atoms with Crippen LogP contribution in [0.3, 0.4) is 0 Å². The molecule has 0 aliphatic rings. The van der Waals surface area contributed by atoms with Crippen molar-refractivity contribution in [2.75, 3.05) is 7.11 Å². The summed E-state index contributed by atoms with van der Waals surface area (Å²) in [5.41, 5.74) is -0.132. The van der Waals surface area contributed by atoms with Gasteiger partial charge in [-0.25, -0.2) is 4.79 Å². The lowest BCUT2D eigenvalue weighted by Gasteiger charge is -2.14. The van der Waals surface area contributed by atoms with Gasteiger partial charge in [0.25, 0.3) is 0 Å². The van der Waals surface area contributed by atoms with E-state index in [0.717, 1.165) is 13.2 Å². The average molecular weight is 273 g/mol. The van der Waals surface area contributed by atoms with Crippen LogP contribution >= 0.6 is 0 Å². The first-order chi connectivity index (χ1) is 8.82. The van der Waals surface area contributed by atoms with Gasteiger partial charge in [-0.3, -0.25) is 0 Å². The monoisotopic (exact) mass is 273 g/mol. The largest absolute Gasteiger partial charge is 0.573 e. The van der Waals surface area contributed by atoms with Crippen molar-refractivity contribution in [2.45, 2.75) is 19.7 Å². The molecule has 7 heteroatoms. The van der Waals surface area contributed by atoms with Crippen LogP contribution in [0.2, 0.25) is 0 Å². The third kappa shape index (κ3) is 3.61. The molecule has 0 saturated carbocycles. The molecule has 0 aliphatic heterocycles. The van der Waals surface area contributed by atoms with E-state index >= 15 is 0 Å². The molecule has 0 N–H and O–H groups in total. The summed E-state index contributed by atoms with van der Waals surface area (Å²) >= 11 is 0. The van der Waals surface area contributed by atoms with Crippen LogP contribution < -0.4 is 4.74 Å². The molecule has 0 unspecified atom stereocenters. The number of carbonyl (C=O) groups is 1. The molecule has 0 spiro atoms. The standard InChI is InChI=1S/C12H10F3NO3/c1-3-9-8(6-16)4-7(11(17)18-2)5-10(9)19-12(13,14)15/h4-5H,3H2,1-2H3. The highest BCUT2D eigenvalue weighted by atomic mass is 19.4. The molecular weight excluding hydrogens is 263 g/mol. The number of methoxy groups -OCH3 is 1. The van der Waals surface area contributed by atoms with Crippen molar-refractivity contribution >= 4 is 5.97 Å². The SMILES string of the molecule is CCc1c(C#N)cc(C(=O)OC)cc1OC(F)(F)F. The summed E-state index contributed by atoms with van der Waals surface area (Å²) in [6, 6.07) is 3.83. The Morgan fingerprint density at radius 2 is 2.05 bits per heavy atom. The molecule has 0 fully saturated rings. The Bertz CT molecular complexity index is 532. The average Bonchev–Trinajstić information content (AvgIpc) is 2.34. The van der Waals surface area contributed by atoms with Gasteiger partial charge >= 0.3 is 12.3 Å². The highest BCUT2D eigenvalue weighted by Crippen LogP contribution is 2.30. The third-order valence-electron chi connectivity index (χ3n) is 2.33. The summed E-state index contributed by atoms with van der Waals surface area (Å²) in [4.78, 5) is 11.3. The molecule has 1 aromatic rings. The molecule has 19 heavy (non-hydrogen) atoms. The number of hydrogen-bond donors (Lipinski definition) is 0. The quantitative estimate of drug-likeness (QED) is 0.794. The maximum Gasteiger partial charge on any atom is 0.573 e. The summed E-state index contributed by atoms with van der Waals surface area (Å²) in [5.74, 6) is -1.40. The van der Waals surface area contributed by atoms with Gasteiger partial charge in [-0.1, -0.05) is 6.92 Å². The van der Waals surface area contributed by atoms with Gasteiger partial charge in [0.1, 0.15) is 5.75 Å². The molecule has 4 nitrogen and oxygen atoms in total. The van der Waals surface area contributed by atoms with E-state index in [1.54, 1.807) is 13.0 Å². The highest BCUT2D eigenvalue weighted by molar-refractivity contribution is 5.90. The minimum Gasteiger partial charge on any atom is -0.465 e. The van der Waals surface area contributed by atoms with E-state index in [9.17, 15) is 18.0 Å². The van der Waals surface area contributed by atoms with Crippen molar-refractivity contribution in [3.63, 3.8) is 0 Å². The predicted octanol–water partition coefficient (Wildman–Crippen LogP) is 2.81. The van der Waals surface area contributed by atoms with Crippen molar-refractivity contribution in [1.29, 1.82) is 5.26 Å². The van der Waals surface area contributed by atoms with Gasteiger partial charge in [0.2, 0.25) is 0 Å². The van der Waals surface area contributed by atoms with E-state index in [0.29, 0.717) is 0 Å². The number of carbonyl (C=O) groups excluding carboxylic acids is 1. The Kier molecular flexibility index (Phi) is 4.38. The van der Waals surface area contributed by atoms with Gasteiger partial charge in [0.05, 0.1) is 24.3 Å². The second-order valence-corrected chi connectivity index (χ2v) is 3.51. The first-order valence-electron chi connectivity index (χ1n) is 5.23. The molecular formula is C12H10F3NO3. The number of rotatable bonds is 3. The number of esters is 1. The van der Waals surface area contributed by atoms with Crippen LogP contribution in [-0.4, -0.2) is 19.4 Å². The maximum absolute atomic E-state index is 12.3.